The molecule has 1 aromatic carbocycles. The van der Waals surface area contributed by atoms with Crippen LogP contribution in [0.4, 0.5) is 0 Å². The molecule has 12 heteroatoms. The third kappa shape index (κ3) is 7.18. The summed E-state index contributed by atoms with van der Waals surface area (Å²) < 4.78 is 25.7. The molecule has 2 aromatic heterocycles. The number of thiazole rings is 1. The van der Waals surface area contributed by atoms with Gasteiger partial charge in [-0.25, -0.2) is 18.2 Å². The molecule has 0 aliphatic carbocycles. The first kappa shape index (κ1) is 31.1. The van der Waals surface area contributed by atoms with Crippen LogP contribution in [0.5, 0.6) is 0 Å². The van der Waals surface area contributed by atoms with Gasteiger partial charge in [0.15, 0.2) is 21.2 Å². The molecule has 0 fully saturated rings. The van der Waals surface area contributed by atoms with E-state index in [9.17, 15) is 27.9 Å². The van der Waals surface area contributed by atoms with Gasteiger partial charge in [-0.3, -0.25) is 14.6 Å². The molecule has 1 unspecified atom stereocenters. The molecule has 0 radical (unpaired) electrons. The molecule has 214 valence electrons. The van der Waals surface area contributed by atoms with Crippen LogP contribution in [-0.4, -0.2) is 75.7 Å². The van der Waals surface area contributed by atoms with Gasteiger partial charge in [0, 0.05) is 49.6 Å². The molecule has 1 amide bonds. The van der Waals surface area contributed by atoms with Gasteiger partial charge in [0.05, 0.1) is 17.0 Å². The summed E-state index contributed by atoms with van der Waals surface area (Å²) in [6.07, 6.45) is 1.61. The Bertz CT molecular complexity index is 1410. The first-order valence-electron chi connectivity index (χ1n) is 12.6. The van der Waals surface area contributed by atoms with E-state index in [1.807, 2.05) is 12.1 Å². The third-order valence-electron chi connectivity index (χ3n) is 6.95. The maximum absolute atomic E-state index is 13.8. The third-order valence-corrected chi connectivity index (χ3v) is 10.2. The summed E-state index contributed by atoms with van der Waals surface area (Å²) in [6.45, 7) is 2.84. The lowest BCUT2D eigenvalue weighted by Crippen LogP contribution is -2.60. The lowest BCUT2D eigenvalue weighted by atomic mass is 9.81. The molecule has 0 aliphatic heterocycles. The van der Waals surface area contributed by atoms with Crippen molar-refractivity contribution in [3.05, 3.63) is 82.6 Å². The van der Waals surface area contributed by atoms with Crippen LogP contribution in [0, 0.1) is 5.92 Å². The topological polar surface area (TPSA) is 161 Å². The maximum atomic E-state index is 13.8. The van der Waals surface area contributed by atoms with Crippen molar-refractivity contribution in [3.8, 4) is 0 Å². The molecule has 2 heterocycles. The summed E-state index contributed by atoms with van der Waals surface area (Å²) in [7, 11) is -2.78. The first-order valence-corrected chi connectivity index (χ1v) is 15.2. The summed E-state index contributed by atoms with van der Waals surface area (Å²) in [5.41, 5.74) is 6.99. The van der Waals surface area contributed by atoms with Crippen LogP contribution in [-0.2, 0) is 43.5 Å². The summed E-state index contributed by atoms with van der Waals surface area (Å²) in [5, 5.41) is 11.6. The van der Waals surface area contributed by atoms with Gasteiger partial charge in [-0.05, 0) is 38.0 Å². The lowest BCUT2D eigenvalue weighted by molar-refractivity contribution is -0.149. The standard InChI is InChI=1S/C28H34N4O6S2/c1-27(2,25(34)32(3)14-12-22-11-7-8-13-30-22)40(37,38)18-21(15-20-9-5-4-6-10-20)24(33)28(29,26(35)36)16-23-17-39-19-31-23/h4-11,13,17,19,21H,12,14-16,18,29H2,1-3H3,(H,35,36)/t21?,28-/m0/s1. The molecule has 10 nitrogen and oxygen atoms in total. The van der Waals surface area contributed by atoms with Crippen LogP contribution in [0.3, 0.4) is 0 Å². The van der Waals surface area contributed by atoms with Crippen LogP contribution in [0.25, 0.3) is 0 Å². The fourth-order valence-electron chi connectivity index (χ4n) is 4.36. The predicted octanol–water partition coefficient (Wildman–Crippen LogP) is 2.19. The fraction of sp³-hybridized carbons (Fsp3) is 0.393. The van der Waals surface area contributed by atoms with Crippen LogP contribution >= 0.6 is 11.3 Å². The number of pyridine rings is 1. The minimum atomic E-state index is -4.29. The maximum Gasteiger partial charge on any atom is 0.331 e. The Morgan fingerprint density at radius 1 is 1.05 bits per heavy atom. The molecule has 3 aromatic rings. The van der Waals surface area contributed by atoms with E-state index in [0.29, 0.717) is 17.7 Å². The van der Waals surface area contributed by atoms with Crippen molar-refractivity contribution in [3.63, 3.8) is 0 Å². The average Bonchev–Trinajstić information content (AvgIpc) is 3.44. The number of amides is 1. The van der Waals surface area contributed by atoms with Crippen molar-refractivity contribution in [1.29, 1.82) is 0 Å². The van der Waals surface area contributed by atoms with Gasteiger partial charge in [-0.1, -0.05) is 36.4 Å². The Balaban J connectivity index is 1.88. The molecule has 0 aliphatic rings. The van der Waals surface area contributed by atoms with Gasteiger partial charge >= 0.3 is 5.97 Å². The number of carboxylic acids is 1. The molecule has 3 rings (SSSR count). The number of sulfone groups is 1. The molecule has 40 heavy (non-hydrogen) atoms. The minimum Gasteiger partial charge on any atom is -0.480 e. The SMILES string of the molecule is CN(CCc1ccccn1)C(=O)C(C)(C)S(=O)(=O)CC(Cc1ccccc1)C(=O)[C@@](N)(Cc1cscn1)C(=O)O. The number of rotatable bonds is 14. The number of carbonyl (C=O) groups excluding carboxylic acids is 2. The monoisotopic (exact) mass is 586 g/mol. The van der Waals surface area contributed by atoms with Gasteiger partial charge in [-0.2, -0.15) is 0 Å². The molecule has 0 spiro atoms. The number of carboxylic acid groups (broad SMARTS) is 1. The van der Waals surface area contributed by atoms with Crippen LogP contribution in [0.15, 0.2) is 65.6 Å². The second-order valence-corrected chi connectivity index (χ2v) is 13.6. The Hall–Kier alpha value is -3.48. The van der Waals surface area contributed by atoms with E-state index in [4.69, 9.17) is 5.73 Å². The number of nitrogens with zero attached hydrogens (tertiary/aromatic N) is 3. The Morgan fingerprint density at radius 3 is 2.30 bits per heavy atom. The van der Waals surface area contributed by atoms with E-state index in [-0.39, 0.29) is 13.0 Å². The molecular weight excluding hydrogens is 552 g/mol. The predicted molar refractivity (Wildman–Crippen MR) is 152 cm³/mol. The van der Waals surface area contributed by atoms with Crippen molar-refractivity contribution in [1.82, 2.24) is 14.9 Å². The Morgan fingerprint density at radius 2 is 1.73 bits per heavy atom. The average molecular weight is 587 g/mol. The van der Waals surface area contributed by atoms with Crippen molar-refractivity contribution < 1.29 is 27.9 Å². The number of ketones is 1. The van der Waals surface area contributed by atoms with Crippen molar-refractivity contribution >= 4 is 38.8 Å². The Kier molecular flexibility index (Phi) is 9.93. The van der Waals surface area contributed by atoms with Crippen LogP contribution in [0.2, 0.25) is 0 Å². The number of hydrogen-bond acceptors (Lipinski definition) is 9. The Labute approximate surface area is 238 Å². The quantitative estimate of drug-likeness (QED) is 0.270. The summed E-state index contributed by atoms with van der Waals surface area (Å²) in [5.74, 6) is -5.23. The largest absolute Gasteiger partial charge is 0.480 e. The second kappa shape index (κ2) is 12.8. The number of aliphatic carboxylic acids is 1. The smallest absolute Gasteiger partial charge is 0.331 e. The van der Waals surface area contributed by atoms with Crippen molar-refractivity contribution in [2.45, 2.75) is 43.4 Å². The van der Waals surface area contributed by atoms with E-state index >= 15 is 0 Å². The van der Waals surface area contributed by atoms with Crippen LogP contribution < -0.4 is 5.73 Å². The van der Waals surface area contributed by atoms with Gasteiger partial charge in [0.2, 0.25) is 5.91 Å². The number of benzene rings is 1. The molecule has 2 atom stereocenters. The number of carbonyl (C=O) groups is 3. The summed E-state index contributed by atoms with van der Waals surface area (Å²) >= 11 is 1.22. The summed E-state index contributed by atoms with van der Waals surface area (Å²) in [6, 6.07) is 14.1. The van der Waals surface area contributed by atoms with E-state index in [1.165, 1.54) is 42.6 Å². The zero-order valence-electron chi connectivity index (χ0n) is 22.7. The van der Waals surface area contributed by atoms with Gasteiger partial charge in [-0.15, -0.1) is 11.3 Å². The van der Waals surface area contributed by atoms with Gasteiger partial charge in [0.1, 0.15) is 4.75 Å². The number of hydrogen-bond donors (Lipinski definition) is 2. The normalized spacial score (nSPS) is 14.2. The number of aromatic nitrogens is 2. The van der Waals surface area contributed by atoms with Gasteiger partial charge in [0.25, 0.3) is 0 Å². The van der Waals surface area contributed by atoms with Crippen molar-refractivity contribution in [2.24, 2.45) is 11.7 Å². The lowest BCUT2D eigenvalue weighted by Gasteiger charge is -2.32. The zero-order valence-corrected chi connectivity index (χ0v) is 24.3. The highest BCUT2D eigenvalue weighted by molar-refractivity contribution is 7.93. The molecule has 0 bridgehead atoms. The highest BCUT2D eigenvalue weighted by Gasteiger charge is 2.50. The fourth-order valence-corrected chi connectivity index (χ4v) is 6.56. The molecular formula is C28H34N4O6S2. The molecule has 0 saturated heterocycles. The van der Waals surface area contributed by atoms with Crippen LogP contribution in [0.1, 0.15) is 30.8 Å². The number of Topliss-reactive ketones (excluding diaryl/α,β-unsaturated/α-hetero) is 1. The van der Waals surface area contributed by atoms with E-state index in [2.05, 4.69) is 9.97 Å². The second-order valence-electron chi connectivity index (χ2n) is 10.3. The highest BCUT2D eigenvalue weighted by Crippen LogP contribution is 2.27. The van der Waals surface area contributed by atoms with Gasteiger partial charge < -0.3 is 15.7 Å². The summed E-state index contributed by atoms with van der Waals surface area (Å²) in [4.78, 5) is 49.1. The van der Waals surface area contributed by atoms with E-state index in [0.717, 1.165) is 5.69 Å². The van der Waals surface area contributed by atoms with E-state index < -0.39 is 55.9 Å². The number of likely N-dealkylation sites (N-methyl/N-ethyl adjacent to an activating group) is 1. The number of nitrogens with two attached hydrogens (primary N) is 1. The molecule has 0 saturated carbocycles. The minimum absolute atomic E-state index is 0.0675. The van der Waals surface area contributed by atoms with Crippen molar-refractivity contribution in [2.75, 3.05) is 19.3 Å². The first-order chi connectivity index (χ1) is 18.8. The highest BCUT2D eigenvalue weighted by atomic mass is 32.2. The zero-order chi connectivity index (χ0) is 29.6. The van der Waals surface area contributed by atoms with E-state index in [1.54, 1.807) is 48.0 Å². The molecule has 3 N–H and O–H groups in total.